The van der Waals surface area contributed by atoms with Crippen molar-refractivity contribution in [2.24, 2.45) is 5.14 Å². The summed E-state index contributed by atoms with van der Waals surface area (Å²) in [6, 6.07) is 2.21. The minimum atomic E-state index is -4.18. The summed E-state index contributed by atoms with van der Waals surface area (Å²) < 4.78 is 35.8. The van der Waals surface area contributed by atoms with Gasteiger partial charge in [-0.3, -0.25) is 4.79 Å². The lowest BCUT2D eigenvalue weighted by atomic mass is 10.1. The van der Waals surface area contributed by atoms with Crippen molar-refractivity contribution in [2.45, 2.75) is 18.7 Å². The van der Waals surface area contributed by atoms with Crippen molar-refractivity contribution in [3.05, 3.63) is 29.1 Å². The first kappa shape index (κ1) is 13.6. The molecular formula is C10H13FN2O3S. The van der Waals surface area contributed by atoms with Gasteiger partial charge in [-0.25, -0.2) is 17.9 Å². The average molecular weight is 260 g/mol. The molecule has 1 rings (SSSR count). The van der Waals surface area contributed by atoms with E-state index in [0.717, 1.165) is 6.07 Å². The van der Waals surface area contributed by atoms with Crippen molar-refractivity contribution in [1.29, 1.82) is 0 Å². The highest BCUT2D eigenvalue weighted by Crippen LogP contribution is 2.19. The summed E-state index contributed by atoms with van der Waals surface area (Å²) in [6.45, 7) is 3.47. The Labute approximate surface area is 98.9 Å². The summed E-state index contributed by atoms with van der Waals surface area (Å²) >= 11 is 0. The summed E-state index contributed by atoms with van der Waals surface area (Å²) in [5.74, 6) is -1.40. The number of hydrogen-bond donors (Lipinski definition) is 2. The Morgan fingerprint density at radius 1 is 1.47 bits per heavy atom. The van der Waals surface area contributed by atoms with Crippen LogP contribution in [0.3, 0.4) is 0 Å². The van der Waals surface area contributed by atoms with E-state index in [-0.39, 0.29) is 11.1 Å². The molecular weight excluding hydrogens is 247 g/mol. The van der Waals surface area contributed by atoms with Gasteiger partial charge in [0, 0.05) is 12.1 Å². The Balaban J connectivity index is 3.39. The summed E-state index contributed by atoms with van der Waals surface area (Å²) in [5.41, 5.74) is 0.118. The third kappa shape index (κ3) is 3.01. The molecule has 0 unspecified atom stereocenters. The van der Waals surface area contributed by atoms with Crippen molar-refractivity contribution in [2.75, 3.05) is 6.54 Å². The summed E-state index contributed by atoms with van der Waals surface area (Å²) in [7, 11) is -4.18. The molecule has 1 aromatic carbocycles. The normalized spacial score (nSPS) is 11.3. The quantitative estimate of drug-likeness (QED) is 0.830. The van der Waals surface area contributed by atoms with Crippen LogP contribution in [0.15, 0.2) is 17.0 Å². The average Bonchev–Trinajstić information content (AvgIpc) is 2.20. The Kier molecular flexibility index (Phi) is 3.84. The third-order valence-electron chi connectivity index (χ3n) is 2.13. The van der Waals surface area contributed by atoms with Crippen LogP contribution in [0.2, 0.25) is 0 Å². The molecule has 0 atom stereocenters. The summed E-state index contributed by atoms with van der Waals surface area (Å²) in [5, 5.41) is 7.36. The van der Waals surface area contributed by atoms with E-state index in [1.54, 1.807) is 6.92 Å². The van der Waals surface area contributed by atoms with Crippen molar-refractivity contribution in [3.8, 4) is 0 Å². The zero-order valence-corrected chi connectivity index (χ0v) is 10.3. The Morgan fingerprint density at radius 3 is 2.53 bits per heavy atom. The number of aryl methyl sites for hydroxylation is 1. The molecule has 17 heavy (non-hydrogen) atoms. The first-order chi connectivity index (χ1) is 7.77. The van der Waals surface area contributed by atoms with Crippen molar-refractivity contribution < 1.29 is 17.6 Å². The van der Waals surface area contributed by atoms with Gasteiger partial charge in [0.15, 0.2) is 0 Å². The first-order valence-electron chi connectivity index (χ1n) is 4.88. The van der Waals surface area contributed by atoms with Crippen LogP contribution < -0.4 is 10.5 Å². The monoisotopic (exact) mass is 260 g/mol. The smallest absolute Gasteiger partial charge is 0.251 e. The van der Waals surface area contributed by atoms with Crippen LogP contribution in [-0.4, -0.2) is 20.9 Å². The third-order valence-corrected chi connectivity index (χ3v) is 3.04. The van der Waals surface area contributed by atoms with Gasteiger partial charge in [0.05, 0.1) is 0 Å². The lowest BCUT2D eigenvalue weighted by Gasteiger charge is -2.08. The van der Waals surface area contributed by atoms with Gasteiger partial charge in [0.25, 0.3) is 5.91 Å². The van der Waals surface area contributed by atoms with E-state index in [2.05, 4.69) is 5.32 Å². The molecule has 0 fully saturated rings. The maximum absolute atomic E-state index is 13.5. The lowest BCUT2D eigenvalue weighted by Crippen LogP contribution is -2.24. The van der Waals surface area contributed by atoms with E-state index >= 15 is 0 Å². The lowest BCUT2D eigenvalue weighted by molar-refractivity contribution is 0.0955. The second kappa shape index (κ2) is 4.80. The van der Waals surface area contributed by atoms with Crippen LogP contribution in [0.4, 0.5) is 4.39 Å². The molecule has 5 nitrogen and oxygen atoms in total. The molecule has 0 aromatic heterocycles. The van der Waals surface area contributed by atoms with Gasteiger partial charge < -0.3 is 5.32 Å². The number of hydrogen-bond acceptors (Lipinski definition) is 3. The number of nitrogens with one attached hydrogen (secondary N) is 1. The highest BCUT2D eigenvalue weighted by Gasteiger charge is 2.19. The number of rotatable bonds is 3. The molecule has 94 valence electrons. The van der Waals surface area contributed by atoms with Crippen LogP contribution in [0, 0.1) is 12.7 Å². The maximum Gasteiger partial charge on any atom is 0.251 e. The van der Waals surface area contributed by atoms with Gasteiger partial charge >= 0.3 is 0 Å². The fourth-order valence-electron chi connectivity index (χ4n) is 1.34. The minimum Gasteiger partial charge on any atom is -0.352 e. The molecule has 7 heteroatoms. The zero-order chi connectivity index (χ0) is 13.2. The molecule has 1 amide bonds. The topological polar surface area (TPSA) is 89.3 Å². The predicted octanol–water partition coefficient (Wildman–Crippen LogP) is 0.531. The number of carbonyl (C=O) groups excluding carboxylic acids is 1. The van der Waals surface area contributed by atoms with Crippen molar-refractivity contribution >= 4 is 15.9 Å². The Bertz CT molecular complexity index is 555. The van der Waals surface area contributed by atoms with Crippen molar-refractivity contribution in [3.63, 3.8) is 0 Å². The molecule has 0 radical (unpaired) electrons. The molecule has 0 aliphatic rings. The van der Waals surface area contributed by atoms with E-state index < -0.39 is 26.6 Å². The zero-order valence-electron chi connectivity index (χ0n) is 9.45. The van der Waals surface area contributed by atoms with Crippen LogP contribution in [-0.2, 0) is 10.0 Å². The van der Waals surface area contributed by atoms with Gasteiger partial charge in [-0.2, -0.15) is 0 Å². The van der Waals surface area contributed by atoms with Gasteiger partial charge in [0.1, 0.15) is 10.7 Å². The second-order valence-electron chi connectivity index (χ2n) is 3.51. The number of primary sulfonamides is 1. The van der Waals surface area contributed by atoms with Crippen LogP contribution in [0.5, 0.6) is 0 Å². The number of halogens is 1. The van der Waals surface area contributed by atoms with Gasteiger partial charge in [-0.05, 0) is 31.5 Å². The second-order valence-corrected chi connectivity index (χ2v) is 5.04. The number of sulfonamides is 1. The molecule has 0 spiro atoms. The van der Waals surface area contributed by atoms with Gasteiger partial charge in [-0.15, -0.1) is 0 Å². The number of benzene rings is 1. The molecule has 3 N–H and O–H groups in total. The number of nitrogens with two attached hydrogens (primary N) is 1. The fraction of sp³-hybridized carbons (Fsp3) is 0.300. The van der Waals surface area contributed by atoms with E-state index in [1.807, 2.05) is 0 Å². The largest absolute Gasteiger partial charge is 0.352 e. The molecule has 0 bridgehead atoms. The molecule has 1 aromatic rings. The maximum atomic E-state index is 13.5. The van der Waals surface area contributed by atoms with Gasteiger partial charge in [0.2, 0.25) is 10.0 Å². The number of carbonyl (C=O) groups is 1. The number of amides is 1. The van der Waals surface area contributed by atoms with E-state index in [0.29, 0.717) is 6.54 Å². The Morgan fingerprint density at radius 2 is 2.06 bits per heavy atom. The Hall–Kier alpha value is -1.47. The highest BCUT2D eigenvalue weighted by molar-refractivity contribution is 7.89. The minimum absolute atomic E-state index is 0.0535. The molecule has 0 saturated carbocycles. The van der Waals surface area contributed by atoms with Crippen molar-refractivity contribution in [1.82, 2.24) is 5.32 Å². The summed E-state index contributed by atoms with van der Waals surface area (Å²) in [4.78, 5) is 10.9. The van der Waals surface area contributed by atoms with Crippen LogP contribution in [0.1, 0.15) is 22.8 Å². The molecule has 0 heterocycles. The van der Waals surface area contributed by atoms with E-state index in [4.69, 9.17) is 5.14 Å². The van der Waals surface area contributed by atoms with E-state index in [1.165, 1.54) is 13.0 Å². The fourth-order valence-corrected chi connectivity index (χ4v) is 2.04. The van der Waals surface area contributed by atoms with E-state index in [9.17, 15) is 17.6 Å². The van der Waals surface area contributed by atoms with Crippen LogP contribution in [0.25, 0.3) is 0 Å². The van der Waals surface area contributed by atoms with Crippen LogP contribution >= 0.6 is 0 Å². The molecule has 0 aliphatic heterocycles. The standard InChI is InChI=1S/C10H13FN2O3S/c1-3-13-10(14)7-4-6(2)9(11)8(5-7)17(12,15)16/h4-5H,3H2,1-2H3,(H,13,14)(H2,12,15,16). The SMILES string of the molecule is CCNC(=O)c1cc(C)c(F)c(S(N)(=O)=O)c1. The molecule has 0 aliphatic carbocycles. The highest BCUT2D eigenvalue weighted by atomic mass is 32.2. The summed E-state index contributed by atoms with van der Waals surface area (Å²) in [6.07, 6.45) is 0. The van der Waals surface area contributed by atoms with Gasteiger partial charge in [-0.1, -0.05) is 0 Å². The predicted molar refractivity (Wildman–Crippen MR) is 60.5 cm³/mol. The molecule has 0 saturated heterocycles. The first-order valence-corrected chi connectivity index (χ1v) is 6.43.